The maximum Gasteiger partial charge on any atom is 0.154 e. The maximum atomic E-state index is 5.37. The van der Waals surface area contributed by atoms with Crippen molar-refractivity contribution in [2.75, 3.05) is 18.5 Å². The molecule has 0 saturated carbocycles. The molecule has 2 aromatic rings. The van der Waals surface area contributed by atoms with Crippen LogP contribution in [0.2, 0.25) is 0 Å². The van der Waals surface area contributed by atoms with Gasteiger partial charge >= 0.3 is 0 Å². The first-order chi connectivity index (χ1) is 8.22. The van der Waals surface area contributed by atoms with Crippen LogP contribution >= 0.6 is 0 Å². The van der Waals surface area contributed by atoms with Crippen molar-refractivity contribution in [2.24, 2.45) is 7.05 Å². The number of rotatable bonds is 5. The van der Waals surface area contributed by atoms with Gasteiger partial charge < -0.3 is 14.6 Å². The average molecular weight is 234 g/mol. The summed E-state index contributed by atoms with van der Waals surface area (Å²) in [6.07, 6.45) is 3.59. The Labute approximate surface area is 101 Å². The zero-order valence-electron chi connectivity index (χ0n) is 10.5. The van der Waals surface area contributed by atoms with Crippen molar-refractivity contribution in [3.8, 4) is 0 Å². The lowest BCUT2D eigenvalue weighted by Gasteiger charge is -2.14. The fraction of sp³-hybridized carbons (Fsp3) is 0.500. The molecule has 0 amide bonds. The quantitative estimate of drug-likeness (QED) is 0.857. The summed E-state index contributed by atoms with van der Waals surface area (Å²) in [6.45, 7) is 5.46. The van der Waals surface area contributed by atoms with Gasteiger partial charge in [0, 0.05) is 25.9 Å². The number of pyridine rings is 1. The van der Waals surface area contributed by atoms with Crippen molar-refractivity contribution >= 4 is 16.9 Å². The van der Waals surface area contributed by atoms with Gasteiger partial charge in [-0.1, -0.05) is 0 Å². The standard InChI is InChI=1S/C12H18N4O/c1-4-17-7-9(2)15-12-11-10(5-6-13-12)16(3)8-14-11/h5-6,8-9H,4,7H2,1-3H3,(H,13,15). The molecule has 1 atom stereocenters. The number of nitrogens with zero attached hydrogens (tertiary/aromatic N) is 3. The minimum Gasteiger partial charge on any atom is -0.380 e. The molecule has 2 rings (SSSR count). The van der Waals surface area contributed by atoms with Gasteiger partial charge in [0.2, 0.25) is 0 Å². The van der Waals surface area contributed by atoms with Crippen LogP contribution in [0.25, 0.3) is 11.0 Å². The van der Waals surface area contributed by atoms with E-state index in [2.05, 4.69) is 22.2 Å². The Hall–Kier alpha value is -1.62. The molecule has 0 bridgehead atoms. The molecule has 1 N–H and O–H groups in total. The summed E-state index contributed by atoms with van der Waals surface area (Å²) in [7, 11) is 1.97. The van der Waals surface area contributed by atoms with Gasteiger partial charge in [-0.3, -0.25) is 0 Å². The Bertz CT molecular complexity index is 494. The Balaban J connectivity index is 2.18. The molecule has 17 heavy (non-hydrogen) atoms. The van der Waals surface area contributed by atoms with E-state index in [-0.39, 0.29) is 6.04 Å². The van der Waals surface area contributed by atoms with Gasteiger partial charge in [-0.15, -0.1) is 0 Å². The molecule has 92 valence electrons. The third-order valence-corrected chi connectivity index (χ3v) is 2.60. The van der Waals surface area contributed by atoms with E-state index in [1.54, 1.807) is 12.5 Å². The Morgan fingerprint density at radius 3 is 3.06 bits per heavy atom. The van der Waals surface area contributed by atoms with Crippen LogP contribution in [0.1, 0.15) is 13.8 Å². The van der Waals surface area contributed by atoms with E-state index in [0.717, 1.165) is 23.5 Å². The molecular formula is C12H18N4O. The molecule has 2 heterocycles. The normalized spacial score (nSPS) is 12.9. The molecule has 0 aliphatic carbocycles. The SMILES string of the molecule is CCOCC(C)Nc1nccc2c1ncn2C. The third kappa shape index (κ3) is 2.55. The van der Waals surface area contributed by atoms with E-state index < -0.39 is 0 Å². The molecular weight excluding hydrogens is 216 g/mol. The highest BCUT2D eigenvalue weighted by Crippen LogP contribution is 2.19. The molecule has 0 aliphatic heterocycles. The lowest BCUT2D eigenvalue weighted by atomic mass is 10.3. The fourth-order valence-corrected chi connectivity index (χ4v) is 1.74. The van der Waals surface area contributed by atoms with Gasteiger partial charge in [-0.25, -0.2) is 9.97 Å². The van der Waals surface area contributed by atoms with Crippen LogP contribution in [0.5, 0.6) is 0 Å². The summed E-state index contributed by atoms with van der Waals surface area (Å²) in [4.78, 5) is 8.67. The number of imidazole rings is 1. The number of ether oxygens (including phenoxy) is 1. The first-order valence-corrected chi connectivity index (χ1v) is 5.82. The van der Waals surface area contributed by atoms with Gasteiger partial charge in [-0.05, 0) is 19.9 Å². The predicted octanol–water partition coefficient (Wildman–Crippen LogP) is 1.81. The van der Waals surface area contributed by atoms with E-state index in [0.29, 0.717) is 6.61 Å². The monoisotopic (exact) mass is 234 g/mol. The van der Waals surface area contributed by atoms with Gasteiger partial charge in [0.25, 0.3) is 0 Å². The lowest BCUT2D eigenvalue weighted by molar-refractivity contribution is 0.141. The molecule has 5 nitrogen and oxygen atoms in total. The first-order valence-electron chi connectivity index (χ1n) is 5.82. The maximum absolute atomic E-state index is 5.37. The summed E-state index contributed by atoms with van der Waals surface area (Å²) in [5.41, 5.74) is 1.98. The number of hydrogen-bond donors (Lipinski definition) is 1. The van der Waals surface area contributed by atoms with Crippen molar-refractivity contribution in [1.82, 2.24) is 14.5 Å². The molecule has 0 aliphatic rings. The van der Waals surface area contributed by atoms with Gasteiger partial charge in [0.1, 0.15) is 5.52 Å². The van der Waals surface area contributed by atoms with Crippen molar-refractivity contribution < 1.29 is 4.74 Å². The summed E-state index contributed by atoms with van der Waals surface area (Å²) < 4.78 is 7.35. The summed E-state index contributed by atoms with van der Waals surface area (Å²) in [6, 6.07) is 2.18. The van der Waals surface area contributed by atoms with Gasteiger partial charge in [0.15, 0.2) is 5.82 Å². The highest BCUT2D eigenvalue weighted by Gasteiger charge is 2.09. The van der Waals surface area contributed by atoms with E-state index in [1.807, 2.05) is 24.6 Å². The van der Waals surface area contributed by atoms with Crippen molar-refractivity contribution in [3.63, 3.8) is 0 Å². The number of anilines is 1. The zero-order chi connectivity index (χ0) is 12.3. The molecule has 0 aromatic carbocycles. The number of aromatic nitrogens is 3. The largest absolute Gasteiger partial charge is 0.380 e. The third-order valence-electron chi connectivity index (χ3n) is 2.60. The van der Waals surface area contributed by atoms with E-state index in [1.165, 1.54) is 0 Å². The van der Waals surface area contributed by atoms with Gasteiger partial charge in [-0.2, -0.15) is 0 Å². The van der Waals surface area contributed by atoms with Gasteiger partial charge in [0.05, 0.1) is 18.5 Å². The van der Waals surface area contributed by atoms with Crippen LogP contribution in [0.3, 0.4) is 0 Å². The fourth-order valence-electron chi connectivity index (χ4n) is 1.74. The zero-order valence-corrected chi connectivity index (χ0v) is 10.5. The summed E-state index contributed by atoms with van der Waals surface area (Å²) >= 11 is 0. The topological polar surface area (TPSA) is 52.0 Å². The molecule has 0 saturated heterocycles. The van der Waals surface area contributed by atoms with Crippen LogP contribution in [0.15, 0.2) is 18.6 Å². The smallest absolute Gasteiger partial charge is 0.154 e. The second-order valence-corrected chi connectivity index (χ2v) is 4.09. The minimum atomic E-state index is 0.218. The van der Waals surface area contributed by atoms with E-state index in [9.17, 15) is 0 Å². The first kappa shape index (κ1) is 11.9. The van der Waals surface area contributed by atoms with Crippen molar-refractivity contribution in [2.45, 2.75) is 19.9 Å². The molecule has 0 spiro atoms. The second-order valence-electron chi connectivity index (χ2n) is 4.09. The Morgan fingerprint density at radius 1 is 1.47 bits per heavy atom. The number of nitrogens with one attached hydrogen (secondary N) is 1. The molecule has 2 aromatic heterocycles. The molecule has 0 fully saturated rings. The Kier molecular flexibility index (Phi) is 3.58. The summed E-state index contributed by atoms with van der Waals surface area (Å²) in [5.74, 6) is 0.815. The van der Waals surface area contributed by atoms with Crippen molar-refractivity contribution in [3.05, 3.63) is 18.6 Å². The number of aryl methyl sites for hydroxylation is 1. The highest BCUT2D eigenvalue weighted by atomic mass is 16.5. The highest BCUT2D eigenvalue weighted by molar-refractivity contribution is 5.85. The predicted molar refractivity (Wildman–Crippen MR) is 68.1 cm³/mol. The molecule has 1 unspecified atom stereocenters. The number of hydrogen-bond acceptors (Lipinski definition) is 4. The van der Waals surface area contributed by atoms with Crippen LogP contribution < -0.4 is 5.32 Å². The van der Waals surface area contributed by atoms with Crippen LogP contribution in [-0.4, -0.2) is 33.8 Å². The van der Waals surface area contributed by atoms with Crippen LogP contribution in [0, 0.1) is 0 Å². The second kappa shape index (κ2) is 5.14. The van der Waals surface area contributed by atoms with E-state index >= 15 is 0 Å². The van der Waals surface area contributed by atoms with Crippen LogP contribution in [0.4, 0.5) is 5.82 Å². The molecule has 0 radical (unpaired) electrons. The average Bonchev–Trinajstić information content (AvgIpc) is 2.70. The number of fused-ring (bicyclic) bond motifs is 1. The molecule has 5 heteroatoms. The summed E-state index contributed by atoms with van der Waals surface area (Å²) in [5, 5.41) is 3.32. The van der Waals surface area contributed by atoms with E-state index in [4.69, 9.17) is 4.74 Å². The van der Waals surface area contributed by atoms with Crippen LogP contribution in [-0.2, 0) is 11.8 Å². The lowest BCUT2D eigenvalue weighted by Crippen LogP contribution is -2.22. The Morgan fingerprint density at radius 2 is 2.29 bits per heavy atom. The van der Waals surface area contributed by atoms with Crippen molar-refractivity contribution in [1.29, 1.82) is 0 Å². The minimum absolute atomic E-state index is 0.218.